The van der Waals surface area contributed by atoms with Gasteiger partial charge in [0.2, 0.25) is 0 Å². The van der Waals surface area contributed by atoms with Crippen molar-refractivity contribution in [2.75, 3.05) is 40.3 Å². The largest absolute Gasteiger partial charge is 0.448 e. The average Bonchev–Trinajstić information content (AvgIpc) is 2.76. The van der Waals surface area contributed by atoms with Crippen molar-refractivity contribution in [3.8, 4) is 0 Å². The molecule has 0 spiro atoms. The van der Waals surface area contributed by atoms with Gasteiger partial charge in [-0.1, -0.05) is 41.5 Å². The SMILES string of the molecule is CC.CC(C)CCCN1CCOC1=O.CC(C)CN(C)C. The molecule has 0 saturated carbocycles. The molecule has 21 heavy (non-hydrogen) atoms. The summed E-state index contributed by atoms with van der Waals surface area (Å²) in [6.07, 6.45) is 2.13. The van der Waals surface area contributed by atoms with E-state index in [4.69, 9.17) is 4.74 Å². The van der Waals surface area contributed by atoms with Crippen molar-refractivity contribution in [1.82, 2.24) is 9.80 Å². The van der Waals surface area contributed by atoms with Gasteiger partial charge in [-0.15, -0.1) is 0 Å². The predicted molar refractivity (Wildman–Crippen MR) is 91.7 cm³/mol. The van der Waals surface area contributed by atoms with E-state index in [1.165, 1.54) is 13.0 Å². The number of hydrogen-bond acceptors (Lipinski definition) is 3. The third-order valence-electron chi connectivity index (χ3n) is 2.78. The minimum Gasteiger partial charge on any atom is -0.448 e. The van der Waals surface area contributed by atoms with Gasteiger partial charge in [-0.05, 0) is 45.3 Å². The molecule has 1 saturated heterocycles. The molecule has 0 bridgehead atoms. The molecule has 0 aromatic rings. The van der Waals surface area contributed by atoms with E-state index >= 15 is 0 Å². The number of rotatable bonds is 6. The zero-order valence-electron chi connectivity index (χ0n) is 15.6. The van der Waals surface area contributed by atoms with E-state index in [1.807, 2.05) is 13.8 Å². The highest BCUT2D eigenvalue weighted by atomic mass is 16.6. The molecule has 0 aromatic carbocycles. The van der Waals surface area contributed by atoms with Gasteiger partial charge in [-0.3, -0.25) is 0 Å². The van der Waals surface area contributed by atoms with E-state index in [0.717, 1.165) is 31.3 Å². The number of cyclic esters (lactones) is 1. The minimum absolute atomic E-state index is 0.140. The van der Waals surface area contributed by atoms with Crippen molar-refractivity contribution < 1.29 is 9.53 Å². The van der Waals surface area contributed by atoms with Gasteiger partial charge in [-0.25, -0.2) is 4.79 Å². The van der Waals surface area contributed by atoms with Crippen LogP contribution in [0.2, 0.25) is 0 Å². The van der Waals surface area contributed by atoms with Crippen LogP contribution in [0.5, 0.6) is 0 Å². The van der Waals surface area contributed by atoms with E-state index in [9.17, 15) is 4.79 Å². The number of ether oxygens (including phenoxy) is 1. The number of nitrogens with zero attached hydrogens (tertiary/aromatic N) is 2. The smallest absolute Gasteiger partial charge is 0.409 e. The van der Waals surface area contributed by atoms with Crippen LogP contribution in [-0.4, -0.2) is 56.2 Å². The molecule has 0 unspecified atom stereocenters. The first-order chi connectivity index (χ1) is 9.82. The summed E-state index contributed by atoms with van der Waals surface area (Å²) in [6.45, 7) is 16.2. The van der Waals surface area contributed by atoms with Crippen molar-refractivity contribution in [3.05, 3.63) is 0 Å². The van der Waals surface area contributed by atoms with Gasteiger partial charge in [0.1, 0.15) is 6.61 Å². The Balaban J connectivity index is 0. The molecule has 1 rings (SSSR count). The van der Waals surface area contributed by atoms with Crippen molar-refractivity contribution in [2.45, 2.75) is 54.4 Å². The Morgan fingerprint density at radius 2 is 1.71 bits per heavy atom. The van der Waals surface area contributed by atoms with Crippen LogP contribution < -0.4 is 0 Å². The normalized spacial score (nSPS) is 13.9. The van der Waals surface area contributed by atoms with Gasteiger partial charge < -0.3 is 14.5 Å². The molecule has 128 valence electrons. The highest BCUT2D eigenvalue weighted by Crippen LogP contribution is 2.08. The lowest BCUT2D eigenvalue weighted by Gasteiger charge is -2.12. The summed E-state index contributed by atoms with van der Waals surface area (Å²) in [6, 6.07) is 0. The fraction of sp³-hybridized carbons (Fsp3) is 0.941. The van der Waals surface area contributed by atoms with E-state index in [2.05, 4.69) is 46.7 Å². The fourth-order valence-electron chi connectivity index (χ4n) is 2.05. The Morgan fingerprint density at radius 3 is 2.00 bits per heavy atom. The second-order valence-corrected chi connectivity index (χ2v) is 6.29. The Morgan fingerprint density at radius 1 is 1.14 bits per heavy atom. The van der Waals surface area contributed by atoms with Crippen molar-refractivity contribution in [2.24, 2.45) is 11.8 Å². The lowest BCUT2D eigenvalue weighted by Crippen LogP contribution is -2.25. The molecular weight excluding hydrogens is 264 g/mol. The molecule has 0 aliphatic carbocycles. The zero-order chi connectivity index (χ0) is 16.8. The summed E-state index contributed by atoms with van der Waals surface area (Å²) in [5.41, 5.74) is 0. The van der Waals surface area contributed by atoms with Crippen molar-refractivity contribution in [3.63, 3.8) is 0 Å². The molecule has 0 atom stereocenters. The molecule has 1 heterocycles. The van der Waals surface area contributed by atoms with Crippen LogP contribution in [-0.2, 0) is 4.74 Å². The van der Waals surface area contributed by atoms with Crippen LogP contribution >= 0.6 is 0 Å². The second kappa shape index (κ2) is 14.2. The average molecular weight is 303 g/mol. The number of carbonyl (C=O) groups is 1. The highest BCUT2D eigenvalue weighted by molar-refractivity contribution is 5.69. The third-order valence-corrected chi connectivity index (χ3v) is 2.78. The molecule has 1 fully saturated rings. The molecule has 0 radical (unpaired) electrons. The summed E-state index contributed by atoms with van der Waals surface area (Å²) < 4.78 is 4.81. The summed E-state index contributed by atoms with van der Waals surface area (Å²) >= 11 is 0. The predicted octanol–water partition coefficient (Wildman–Crippen LogP) is 4.11. The Labute approximate surface area is 132 Å². The number of hydrogen-bond donors (Lipinski definition) is 0. The topological polar surface area (TPSA) is 32.8 Å². The van der Waals surface area contributed by atoms with Crippen LogP contribution in [0.15, 0.2) is 0 Å². The molecule has 4 nitrogen and oxygen atoms in total. The maximum atomic E-state index is 11.0. The van der Waals surface area contributed by atoms with Crippen molar-refractivity contribution >= 4 is 6.09 Å². The van der Waals surface area contributed by atoms with Gasteiger partial charge in [0.25, 0.3) is 0 Å². The molecular formula is C17H38N2O2. The molecule has 0 N–H and O–H groups in total. The maximum Gasteiger partial charge on any atom is 0.409 e. The first-order valence-electron chi connectivity index (χ1n) is 8.39. The van der Waals surface area contributed by atoms with Crippen molar-refractivity contribution in [1.29, 1.82) is 0 Å². The van der Waals surface area contributed by atoms with Crippen LogP contribution in [0.3, 0.4) is 0 Å². The summed E-state index contributed by atoms with van der Waals surface area (Å²) in [7, 11) is 4.19. The van der Waals surface area contributed by atoms with Crippen LogP contribution in [0, 0.1) is 11.8 Å². The Kier molecular flexibility index (Phi) is 15.2. The van der Waals surface area contributed by atoms with Gasteiger partial charge >= 0.3 is 6.09 Å². The molecule has 4 heteroatoms. The fourth-order valence-corrected chi connectivity index (χ4v) is 2.05. The zero-order valence-corrected chi connectivity index (χ0v) is 15.6. The summed E-state index contributed by atoms with van der Waals surface area (Å²) in [4.78, 5) is 14.9. The van der Waals surface area contributed by atoms with E-state index in [1.54, 1.807) is 4.90 Å². The summed E-state index contributed by atoms with van der Waals surface area (Å²) in [5.74, 6) is 1.53. The van der Waals surface area contributed by atoms with E-state index < -0.39 is 0 Å². The van der Waals surface area contributed by atoms with Gasteiger partial charge in [-0.2, -0.15) is 0 Å². The maximum absolute atomic E-state index is 11.0. The van der Waals surface area contributed by atoms with Crippen LogP contribution in [0.1, 0.15) is 54.4 Å². The van der Waals surface area contributed by atoms with Gasteiger partial charge in [0, 0.05) is 6.54 Å². The first-order valence-corrected chi connectivity index (χ1v) is 8.39. The molecule has 1 aliphatic heterocycles. The van der Waals surface area contributed by atoms with Crippen LogP contribution in [0.4, 0.5) is 4.79 Å². The molecule has 1 amide bonds. The number of amides is 1. The Hall–Kier alpha value is -0.770. The number of carbonyl (C=O) groups excluding carboxylic acids is 1. The molecule has 0 aromatic heterocycles. The third kappa shape index (κ3) is 15.4. The van der Waals surface area contributed by atoms with Gasteiger partial charge in [0.05, 0.1) is 6.54 Å². The minimum atomic E-state index is -0.140. The lowest BCUT2D eigenvalue weighted by atomic mass is 10.1. The van der Waals surface area contributed by atoms with E-state index in [0.29, 0.717) is 6.61 Å². The highest BCUT2D eigenvalue weighted by Gasteiger charge is 2.20. The standard InChI is InChI=1S/C9H17NO2.C6H15N.C2H6/c1-8(2)4-3-5-10-6-7-12-9(10)11;1-6(2)5-7(3)4;1-2/h8H,3-7H2,1-2H3;6H,5H2,1-4H3;1-2H3. The van der Waals surface area contributed by atoms with Crippen LogP contribution in [0.25, 0.3) is 0 Å². The second-order valence-electron chi connectivity index (χ2n) is 6.29. The van der Waals surface area contributed by atoms with E-state index in [-0.39, 0.29) is 6.09 Å². The lowest BCUT2D eigenvalue weighted by molar-refractivity contribution is 0.157. The quantitative estimate of drug-likeness (QED) is 0.740. The summed E-state index contributed by atoms with van der Waals surface area (Å²) in [5, 5.41) is 0. The first kappa shape index (κ1) is 22.5. The van der Waals surface area contributed by atoms with Gasteiger partial charge in [0.15, 0.2) is 0 Å². The Bertz CT molecular complexity index is 235. The monoisotopic (exact) mass is 302 g/mol. The molecule has 1 aliphatic rings.